The van der Waals surface area contributed by atoms with Crippen LogP contribution < -0.4 is 15.4 Å². The maximum absolute atomic E-state index is 13.0. The van der Waals surface area contributed by atoms with Crippen molar-refractivity contribution in [1.82, 2.24) is 4.90 Å². The second kappa shape index (κ2) is 7.43. The molecule has 7 heteroatoms. The third-order valence-electron chi connectivity index (χ3n) is 5.89. The molecule has 2 N–H and O–H groups in total. The number of carbonyl (C=O) groups excluding carboxylic acids is 3. The number of anilines is 2. The minimum Gasteiger partial charge on any atom is -0.496 e. The SMILES string of the molecule is COc1cc2ccccc2cc1C(=O)Nc1ccc2c(c1)C(=O)N1CCCC1C(=O)N2. The van der Waals surface area contributed by atoms with Crippen LogP contribution in [0.1, 0.15) is 33.6 Å². The van der Waals surface area contributed by atoms with Crippen LogP contribution >= 0.6 is 0 Å². The number of ether oxygens (including phenoxy) is 1. The van der Waals surface area contributed by atoms with Gasteiger partial charge in [-0.3, -0.25) is 14.4 Å². The van der Waals surface area contributed by atoms with Crippen LogP contribution in [0.25, 0.3) is 10.8 Å². The van der Waals surface area contributed by atoms with Gasteiger partial charge in [0.15, 0.2) is 0 Å². The number of nitrogens with one attached hydrogen (secondary N) is 2. The van der Waals surface area contributed by atoms with E-state index in [0.29, 0.717) is 41.2 Å². The first-order valence-corrected chi connectivity index (χ1v) is 10.2. The second-order valence-corrected chi connectivity index (χ2v) is 7.76. The summed E-state index contributed by atoms with van der Waals surface area (Å²) < 4.78 is 5.43. The summed E-state index contributed by atoms with van der Waals surface area (Å²) in [5.41, 5.74) is 1.71. The molecule has 0 aliphatic carbocycles. The summed E-state index contributed by atoms with van der Waals surface area (Å²) in [4.78, 5) is 40.1. The Balaban J connectivity index is 1.47. The van der Waals surface area contributed by atoms with Crippen molar-refractivity contribution in [3.05, 3.63) is 65.7 Å². The van der Waals surface area contributed by atoms with Crippen LogP contribution in [0, 0.1) is 0 Å². The van der Waals surface area contributed by atoms with E-state index >= 15 is 0 Å². The molecule has 1 unspecified atom stereocenters. The minimum atomic E-state index is -0.431. The summed E-state index contributed by atoms with van der Waals surface area (Å²) in [6, 6.07) is 15.9. The van der Waals surface area contributed by atoms with E-state index < -0.39 is 6.04 Å². The average Bonchev–Trinajstić information content (AvgIpc) is 3.25. The molecule has 0 radical (unpaired) electrons. The van der Waals surface area contributed by atoms with E-state index in [9.17, 15) is 14.4 Å². The summed E-state index contributed by atoms with van der Waals surface area (Å²) in [5, 5.41) is 7.60. The molecule has 156 valence electrons. The van der Waals surface area contributed by atoms with Crippen LogP contribution in [0.4, 0.5) is 11.4 Å². The Hall–Kier alpha value is -3.87. The van der Waals surface area contributed by atoms with E-state index in [1.165, 1.54) is 7.11 Å². The molecule has 2 heterocycles. The molecule has 3 aromatic carbocycles. The highest BCUT2D eigenvalue weighted by Crippen LogP contribution is 2.31. The van der Waals surface area contributed by atoms with Crippen LogP contribution in [0.2, 0.25) is 0 Å². The molecule has 0 aromatic heterocycles. The van der Waals surface area contributed by atoms with Gasteiger partial charge >= 0.3 is 0 Å². The molecule has 0 bridgehead atoms. The van der Waals surface area contributed by atoms with Gasteiger partial charge in [-0.05, 0) is 53.9 Å². The van der Waals surface area contributed by atoms with E-state index in [4.69, 9.17) is 4.74 Å². The number of amides is 3. The fourth-order valence-electron chi connectivity index (χ4n) is 4.33. The molecule has 2 aliphatic heterocycles. The molecule has 1 fully saturated rings. The first kappa shape index (κ1) is 19.1. The maximum Gasteiger partial charge on any atom is 0.259 e. The lowest BCUT2D eigenvalue weighted by Crippen LogP contribution is -2.40. The van der Waals surface area contributed by atoms with Gasteiger partial charge in [-0.2, -0.15) is 0 Å². The number of fused-ring (bicyclic) bond motifs is 3. The molecular weight excluding hydrogens is 394 g/mol. The number of nitrogens with zero attached hydrogens (tertiary/aromatic N) is 1. The highest BCUT2D eigenvalue weighted by atomic mass is 16.5. The van der Waals surface area contributed by atoms with Gasteiger partial charge in [0.25, 0.3) is 11.8 Å². The molecule has 1 atom stereocenters. The maximum atomic E-state index is 13.0. The third-order valence-corrected chi connectivity index (χ3v) is 5.89. The topological polar surface area (TPSA) is 87.7 Å². The van der Waals surface area contributed by atoms with Gasteiger partial charge in [-0.25, -0.2) is 0 Å². The zero-order chi connectivity index (χ0) is 21.5. The van der Waals surface area contributed by atoms with Crippen molar-refractivity contribution in [2.45, 2.75) is 18.9 Å². The first-order valence-electron chi connectivity index (χ1n) is 10.2. The second-order valence-electron chi connectivity index (χ2n) is 7.76. The lowest BCUT2D eigenvalue weighted by Gasteiger charge is -2.20. The molecule has 3 amide bonds. The third kappa shape index (κ3) is 3.28. The van der Waals surface area contributed by atoms with Gasteiger partial charge in [-0.15, -0.1) is 0 Å². The van der Waals surface area contributed by atoms with Gasteiger partial charge in [0, 0.05) is 12.2 Å². The number of benzene rings is 3. The standard InChI is InChI=1S/C24H21N3O4/c1-31-21-12-15-6-3-2-5-14(15)11-18(21)22(28)25-16-8-9-19-17(13-16)24(30)27-10-4-7-20(27)23(29)26-19/h2-3,5-6,8-9,11-13,20H,4,7,10H2,1H3,(H,25,28)(H,26,29). The van der Waals surface area contributed by atoms with Gasteiger partial charge in [0.2, 0.25) is 5.91 Å². The van der Waals surface area contributed by atoms with Crippen LogP contribution in [0.3, 0.4) is 0 Å². The molecule has 2 aliphatic rings. The number of carbonyl (C=O) groups is 3. The lowest BCUT2D eigenvalue weighted by molar-refractivity contribution is -0.119. The molecule has 1 saturated heterocycles. The molecule has 0 saturated carbocycles. The number of hydrogen-bond donors (Lipinski definition) is 2. The molecular formula is C24H21N3O4. The minimum absolute atomic E-state index is 0.165. The highest BCUT2D eigenvalue weighted by molar-refractivity contribution is 6.12. The summed E-state index contributed by atoms with van der Waals surface area (Å²) >= 11 is 0. The van der Waals surface area contributed by atoms with E-state index in [0.717, 1.165) is 17.2 Å². The fourth-order valence-corrected chi connectivity index (χ4v) is 4.33. The Morgan fingerprint density at radius 2 is 1.87 bits per heavy atom. The Morgan fingerprint density at radius 1 is 1.10 bits per heavy atom. The number of methoxy groups -OCH3 is 1. The zero-order valence-electron chi connectivity index (χ0n) is 17.0. The van der Waals surface area contributed by atoms with Crippen molar-refractivity contribution in [3.8, 4) is 5.75 Å². The van der Waals surface area contributed by atoms with E-state index in [1.54, 1.807) is 29.2 Å². The van der Waals surface area contributed by atoms with E-state index in [2.05, 4.69) is 10.6 Å². The molecule has 31 heavy (non-hydrogen) atoms. The van der Waals surface area contributed by atoms with Gasteiger partial charge < -0.3 is 20.3 Å². The Kier molecular flexibility index (Phi) is 4.58. The van der Waals surface area contributed by atoms with Crippen LogP contribution in [-0.4, -0.2) is 42.3 Å². The summed E-state index contributed by atoms with van der Waals surface area (Å²) in [6.07, 6.45) is 1.47. The van der Waals surface area contributed by atoms with Crippen molar-refractivity contribution in [2.75, 3.05) is 24.3 Å². The quantitative estimate of drug-likeness (QED) is 0.683. The molecule has 3 aromatic rings. The van der Waals surface area contributed by atoms with E-state index in [1.807, 2.05) is 30.3 Å². The predicted octanol–water partition coefficient (Wildman–Crippen LogP) is 3.66. The van der Waals surface area contributed by atoms with Crippen LogP contribution in [0.5, 0.6) is 5.75 Å². The van der Waals surface area contributed by atoms with Gasteiger partial charge in [0.1, 0.15) is 11.8 Å². The monoisotopic (exact) mass is 415 g/mol. The first-order chi connectivity index (χ1) is 15.0. The summed E-state index contributed by atoms with van der Waals surface area (Å²) in [5.74, 6) is -0.238. The average molecular weight is 415 g/mol. The van der Waals surface area contributed by atoms with Crippen molar-refractivity contribution in [3.63, 3.8) is 0 Å². The van der Waals surface area contributed by atoms with Crippen molar-refractivity contribution in [1.29, 1.82) is 0 Å². The Labute approximate surface area is 179 Å². The largest absolute Gasteiger partial charge is 0.496 e. The number of hydrogen-bond acceptors (Lipinski definition) is 4. The van der Waals surface area contributed by atoms with Crippen LogP contribution in [0.15, 0.2) is 54.6 Å². The van der Waals surface area contributed by atoms with E-state index in [-0.39, 0.29) is 17.7 Å². The number of rotatable bonds is 3. The highest BCUT2D eigenvalue weighted by Gasteiger charge is 2.38. The lowest BCUT2D eigenvalue weighted by atomic mass is 10.0. The molecule has 7 nitrogen and oxygen atoms in total. The normalized spacial score (nSPS) is 17.6. The zero-order valence-corrected chi connectivity index (χ0v) is 17.0. The summed E-state index contributed by atoms with van der Waals surface area (Å²) in [7, 11) is 1.52. The fraction of sp³-hybridized carbons (Fsp3) is 0.208. The van der Waals surface area contributed by atoms with Gasteiger partial charge in [0.05, 0.1) is 23.9 Å². The Morgan fingerprint density at radius 3 is 2.65 bits per heavy atom. The molecule has 0 spiro atoms. The Bertz CT molecular complexity index is 1240. The summed E-state index contributed by atoms with van der Waals surface area (Å²) in [6.45, 7) is 0.557. The van der Waals surface area contributed by atoms with Crippen molar-refractivity contribution in [2.24, 2.45) is 0 Å². The van der Waals surface area contributed by atoms with Gasteiger partial charge in [-0.1, -0.05) is 24.3 Å². The van der Waals surface area contributed by atoms with Crippen LogP contribution in [-0.2, 0) is 4.79 Å². The predicted molar refractivity (Wildman–Crippen MR) is 118 cm³/mol. The van der Waals surface area contributed by atoms with Crippen molar-refractivity contribution < 1.29 is 19.1 Å². The van der Waals surface area contributed by atoms with Crippen molar-refractivity contribution >= 4 is 39.9 Å². The molecule has 5 rings (SSSR count). The smallest absolute Gasteiger partial charge is 0.259 e.